The van der Waals surface area contributed by atoms with Crippen molar-refractivity contribution in [2.45, 2.75) is 11.0 Å². The number of sulfonamides is 1. The van der Waals surface area contributed by atoms with Gasteiger partial charge in [-0.25, -0.2) is 8.42 Å². The molecule has 1 aliphatic rings. The molecular weight excluding hydrogens is 468 g/mol. The topological polar surface area (TPSA) is 94.2 Å². The number of anilines is 1. The zero-order chi connectivity index (χ0) is 24.8. The molecule has 1 atom stereocenters. The van der Waals surface area contributed by atoms with Crippen LogP contribution in [0.15, 0.2) is 83.8 Å². The normalized spacial score (nSPS) is 15.0. The fraction of sp³-hybridized carbons (Fsp3) is 0.192. The first-order valence-electron chi connectivity index (χ1n) is 10.9. The van der Waals surface area contributed by atoms with Gasteiger partial charge in [0.1, 0.15) is 12.4 Å². The minimum absolute atomic E-state index is 0.114. The molecule has 0 saturated carbocycles. The minimum Gasteiger partial charge on any atom is -0.497 e. The maximum atomic E-state index is 12.6. The maximum Gasteiger partial charge on any atom is 0.261 e. The van der Waals surface area contributed by atoms with E-state index in [9.17, 15) is 13.2 Å². The Labute approximate surface area is 204 Å². The molecule has 0 fully saturated rings. The average Bonchev–Trinajstić information content (AvgIpc) is 2.87. The van der Waals surface area contributed by atoms with E-state index in [0.29, 0.717) is 41.7 Å². The van der Waals surface area contributed by atoms with Crippen LogP contribution in [0.4, 0.5) is 5.69 Å². The summed E-state index contributed by atoms with van der Waals surface area (Å²) in [5, 5.41) is 0. The first-order valence-corrected chi connectivity index (χ1v) is 12.4. The molecule has 182 valence electrons. The van der Waals surface area contributed by atoms with Crippen molar-refractivity contribution in [3.05, 3.63) is 84.4 Å². The SMILES string of the molecule is COc1ccc(NS(=O)(=O)c2ccc(C=CC(=O)N(C)CC3COc4ccccc4O3)cc2)cc1. The molecule has 35 heavy (non-hydrogen) atoms. The molecular formula is C26H26N2O6S. The van der Waals surface area contributed by atoms with Crippen molar-refractivity contribution < 1.29 is 27.4 Å². The van der Waals surface area contributed by atoms with E-state index in [1.807, 2.05) is 24.3 Å². The lowest BCUT2D eigenvalue weighted by Crippen LogP contribution is -2.41. The molecule has 1 amide bonds. The van der Waals surface area contributed by atoms with Crippen molar-refractivity contribution in [3.8, 4) is 17.2 Å². The highest BCUT2D eigenvalue weighted by Crippen LogP contribution is 2.31. The number of fused-ring (bicyclic) bond motifs is 1. The van der Waals surface area contributed by atoms with E-state index in [1.54, 1.807) is 61.5 Å². The lowest BCUT2D eigenvalue weighted by atomic mass is 10.2. The van der Waals surface area contributed by atoms with Crippen LogP contribution < -0.4 is 18.9 Å². The third-order valence-electron chi connectivity index (χ3n) is 5.37. The van der Waals surface area contributed by atoms with Crippen LogP contribution in [0.25, 0.3) is 6.08 Å². The molecule has 1 N–H and O–H groups in total. The van der Waals surface area contributed by atoms with E-state index < -0.39 is 10.0 Å². The lowest BCUT2D eigenvalue weighted by Gasteiger charge is -2.29. The molecule has 0 aromatic heterocycles. The predicted molar refractivity (Wildman–Crippen MR) is 133 cm³/mol. The summed E-state index contributed by atoms with van der Waals surface area (Å²) in [4.78, 5) is 14.2. The van der Waals surface area contributed by atoms with Crippen molar-refractivity contribution in [2.75, 3.05) is 32.0 Å². The van der Waals surface area contributed by atoms with Gasteiger partial charge >= 0.3 is 0 Å². The number of ether oxygens (including phenoxy) is 3. The van der Waals surface area contributed by atoms with Crippen LogP contribution >= 0.6 is 0 Å². The summed E-state index contributed by atoms with van der Waals surface area (Å²) in [6.45, 7) is 0.727. The smallest absolute Gasteiger partial charge is 0.261 e. The molecule has 1 heterocycles. The minimum atomic E-state index is -3.75. The molecule has 0 spiro atoms. The highest BCUT2D eigenvalue weighted by Gasteiger charge is 2.23. The summed E-state index contributed by atoms with van der Waals surface area (Å²) in [6, 6.07) is 20.3. The van der Waals surface area contributed by atoms with Crippen molar-refractivity contribution in [2.24, 2.45) is 0 Å². The number of nitrogens with zero attached hydrogens (tertiary/aromatic N) is 1. The maximum absolute atomic E-state index is 12.6. The number of rotatable bonds is 8. The molecule has 0 saturated heterocycles. The number of amides is 1. The Hall–Kier alpha value is -3.98. The Bertz CT molecular complexity index is 1300. The van der Waals surface area contributed by atoms with Gasteiger partial charge in [-0.2, -0.15) is 0 Å². The van der Waals surface area contributed by atoms with Crippen LogP contribution in [-0.4, -0.2) is 52.6 Å². The van der Waals surface area contributed by atoms with Gasteiger partial charge in [0.25, 0.3) is 10.0 Å². The van der Waals surface area contributed by atoms with Gasteiger partial charge < -0.3 is 19.1 Å². The monoisotopic (exact) mass is 494 g/mol. The first-order chi connectivity index (χ1) is 16.8. The molecule has 0 radical (unpaired) electrons. The number of nitrogens with one attached hydrogen (secondary N) is 1. The van der Waals surface area contributed by atoms with Crippen molar-refractivity contribution in [1.29, 1.82) is 0 Å². The van der Waals surface area contributed by atoms with E-state index in [4.69, 9.17) is 14.2 Å². The highest BCUT2D eigenvalue weighted by molar-refractivity contribution is 7.92. The molecule has 3 aromatic carbocycles. The van der Waals surface area contributed by atoms with Gasteiger partial charge in [-0.05, 0) is 60.2 Å². The van der Waals surface area contributed by atoms with Crippen LogP contribution in [0.1, 0.15) is 5.56 Å². The second-order valence-corrected chi connectivity index (χ2v) is 9.64. The first kappa shape index (κ1) is 24.2. The molecule has 9 heteroatoms. The molecule has 0 bridgehead atoms. The zero-order valence-corrected chi connectivity index (χ0v) is 20.2. The Kier molecular flexibility index (Phi) is 7.26. The van der Waals surface area contributed by atoms with Crippen molar-refractivity contribution in [3.63, 3.8) is 0 Å². The van der Waals surface area contributed by atoms with E-state index in [-0.39, 0.29) is 16.9 Å². The van der Waals surface area contributed by atoms with E-state index in [1.165, 1.54) is 18.2 Å². The number of carbonyl (C=O) groups excluding carboxylic acids is 1. The third-order valence-corrected chi connectivity index (χ3v) is 6.77. The number of hydrogen-bond acceptors (Lipinski definition) is 6. The number of carbonyl (C=O) groups is 1. The summed E-state index contributed by atoms with van der Waals surface area (Å²) in [7, 11) is -0.515. The van der Waals surface area contributed by atoms with Crippen LogP contribution in [-0.2, 0) is 14.8 Å². The van der Waals surface area contributed by atoms with Gasteiger partial charge in [-0.1, -0.05) is 24.3 Å². The van der Waals surface area contributed by atoms with Gasteiger partial charge in [0.15, 0.2) is 17.6 Å². The lowest BCUT2D eigenvalue weighted by molar-refractivity contribution is -0.126. The Morgan fingerprint density at radius 1 is 1.06 bits per heavy atom. The van der Waals surface area contributed by atoms with Crippen LogP contribution in [0, 0.1) is 0 Å². The zero-order valence-electron chi connectivity index (χ0n) is 19.4. The Morgan fingerprint density at radius 3 is 2.43 bits per heavy atom. The van der Waals surface area contributed by atoms with E-state index >= 15 is 0 Å². The van der Waals surface area contributed by atoms with Crippen LogP contribution in [0.3, 0.4) is 0 Å². The third kappa shape index (κ3) is 6.13. The molecule has 8 nitrogen and oxygen atoms in total. The summed E-state index contributed by atoms with van der Waals surface area (Å²) in [5.41, 5.74) is 1.13. The Morgan fingerprint density at radius 2 is 1.74 bits per heavy atom. The quantitative estimate of drug-likeness (QED) is 0.479. The van der Waals surface area contributed by atoms with E-state index in [0.717, 1.165) is 0 Å². The van der Waals surface area contributed by atoms with Gasteiger partial charge in [-0.3, -0.25) is 9.52 Å². The molecule has 1 aliphatic heterocycles. The second-order valence-electron chi connectivity index (χ2n) is 7.95. The summed E-state index contributed by atoms with van der Waals surface area (Å²) >= 11 is 0. The van der Waals surface area contributed by atoms with Crippen molar-refractivity contribution >= 4 is 27.7 Å². The fourth-order valence-corrected chi connectivity index (χ4v) is 4.53. The molecule has 0 aliphatic carbocycles. The van der Waals surface area contributed by atoms with Gasteiger partial charge in [-0.15, -0.1) is 0 Å². The molecule has 3 aromatic rings. The number of methoxy groups -OCH3 is 1. The van der Waals surface area contributed by atoms with E-state index in [2.05, 4.69) is 4.72 Å². The summed E-state index contributed by atoms with van der Waals surface area (Å²) < 4.78 is 44.5. The van der Waals surface area contributed by atoms with Gasteiger partial charge in [0, 0.05) is 18.8 Å². The van der Waals surface area contributed by atoms with Crippen LogP contribution in [0.2, 0.25) is 0 Å². The number of para-hydroxylation sites is 2. The average molecular weight is 495 g/mol. The highest BCUT2D eigenvalue weighted by atomic mass is 32.2. The Balaban J connectivity index is 1.33. The standard InChI is InChI=1S/C26H26N2O6S/c1-28(17-22-18-33-24-5-3-4-6-25(24)34-22)26(29)16-9-19-7-14-23(15-8-19)35(30,31)27-20-10-12-21(32-2)13-11-20/h3-16,22,27H,17-18H2,1-2H3. The van der Waals surface area contributed by atoms with Crippen LogP contribution in [0.5, 0.6) is 17.2 Å². The predicted octanol–water partition coefficient (Wildman–Crippen LogP) is 3.81. The van der Waals surface area contributed by atoms with Crippen molar-refractivity contribution in [1.82, 2.24) is 4.90 Å². The number of likely N-dealkylation sites (N-methyl/N-ethyl adjacent to an activating group) is 1. The second kappa shape index (κ2) is 10.5. The fourth-order valence-electron chi connectivity index (χ4n) is 3.47. The van der Waals surface area contributed by atoms with Gasteiger partial charge in [0.2, 0.25) is 5.91 Å². The number of benzene rings is 3. The summed E-state index contributed by atoms with van der Waals surface area (Å²) in [5.74, 6) is 1.79. The summed E-state index contributed by atoms with van der Waals surface area (Å²) in [6.07, 6.45) is 2.81. The number of hydrogen-bond donors (Lipinski definition) is 1. The molecule has 4 rings (SSSR count). The molecule has 1 unspecified atom stereocenters. The van der Waals surface area contributed by atoms with Gasteiger partial charge in [0.05, 0.1) is 18.6 Å². The largest absolute Gasteiger partial charge is 0.497 e.